The molecule has 322 valence electrons. The molecule has 67 heavy (non-hydrogen) atoms. The Kier molecular flexibility index (Phi) is 11.0. The van der Waals surface area contributed by atoms with E-state index in [0.717, 1.165) is 41.1 Å². The minimum atomic E-state index is 0.841. The first-order chi connectivity index (χ1) is 33.0. The van der Waals surface area contributed by atoms with E-state index in [1.165, 1.54) is 98.7 Å². The Hall–Kier alpha value is -8.07. The molecule has 0 bridgehead atoms. The van der Waals surface area contributed by atoms with E-state index in [1.807, 2.05) is 0 Å². The van der Waals surface area contributed by atoms with E-state index in [9.17, 15) is 0 Å². The summed E-state index contributed by atoms with van der Waals surface area (Å²) in [5.74, 6) is 0. The number of nitrogens with zero attached hydrogens (tertiary/aromatic N) is 2. The molecule has 10 aromatic carbocycles. The fourth-order valence-electron chi connectivity index (χ4n) is 10.3. The molecule has 0 atom stereocenters. The van der Waals surface area contributed by atoms with E-state index in [2.05, 4.69) is 251 Å². The van der Waals surface area contributed by atoms with Crippen molar-refractivity contribution in [2.45, 2.75) is 40.5 Å². The monoisotopic (exact) mass is 860 g/mol. The molecule has 0 fully saturated rings. The normalized spacial score (nSPS) is 12.9. The largest absolute Gasteiger partial charge is 0.309 e. The first-order valence-electron chi connectivity index (χ1n) is 23.7. The highest BCUT2D eigenvalue weighted by atomic mass is 15.0. The van der Waals surface area contributed by atoms with Crippen LogP contribution in [0.5, 0.6) is 0 Å². The van der Waals surface area contributed by atoms with Gasteiger partial charge in [0.25, 0.3) is 0 Å². The van der Waals surface area contributed by atoms with Gasteiger partial charge in [-0.15, -0.1) is 0 Å². The fraction of sp³-hybridized carbons (Fsp3) is 0.0923. The molecule has 0 amide bonds. The molecule has 2 nitrogen and oxygen atoms in total. The van der Waals surface area contributed by atoms with Crippen LogP contribution in [0.4, 0.5) is 0 Å². The quantitative estimate of drug-likeness (QED) is 0.0963. The zero-order chi connectivity index (χ0) is 45.4. The van der Waals surface area contributed by atoms with Crippen molar-refractivity contribution in [3.8, 4) is 27.9 Å². The maximum absolute atomic E-state index is 5.80. The van der Waals surface area contributed by atoms with E-state index in [1.54, 1.807) is 0 Å². The number of allylic oxidation sites excluding steroid dienone is 3. The average Bonchev–Trinajstić information content (AvgIpc) is 3.73. The minimum absolute atomic E-state index is 0.841. The van der Waals surface area contributed by atoms with Gasteiger partial charge < -0.3 is 4.57 Å². The minimum Gasteiger partial charge on any atom is -0.309 e. The number of hydrogen-bond acceptors (Lipinski definition) is 1. The van der Waals surface area contributed by atoms with Gasteiger partial charge in [-0.1, -0.05) is 196 Å². The summed E-state index contributed by atoms with van der Waals surface area (Å²) >= 11 is 0. The Morgan fingerprint density at radius 3 is 1.69 bits per heavy atom. The van der Waals surface area contributed by atoms with Crippen molar-refractivity contribution < 1.29 is 0 Å². The summed E-state index contributed by atoms with van der Waals surface area (Å²) in [6, 6.07) is 79.7. The number of aromatic nitrogens is 1. The van der Waals surface area contributed by atoms with Crippen molar-refractivity contribution in [2.75, 3.05) is 0 Å². The number of hydrogen-bond donors (Lipinski definition) is 0. The third-order valence-corrected chi connectivity index (χ3v) is 13.9. The van der Waals surface area contributed by atoms with Crippen molar-refractivity contribution in [3.05, 3.63) is 246 Å². The summed E-state index contributed by atoms with van der Waals surface area (Å²) in [4.78, 5) is 5.80. The lowest BCUT2D eigenvalue weighted by Crippen LogP contribution is -2.08. The van der Waals surface area contributed by atoms with Crippen molar-refractivity contribution in [1.29, 1.82) is 0 Å². The number of para-hydroxylation sites is 2. The number of fused-ring (bicyclic) bond motifs is 9. The Labute approximate surface area is 393 Å². The molecule has 11 rings (SSSR count). The van der Waals surface area contributed by atoms with Crippen LogP contribution in [-0.4, -0.2) is 10.3 Å². The number of rotatable bonds is 10. The van der Waals surface area contributed by atoms with E-state index < -0.39 is 0 Å². The van der Waals surface area contributed by atoms with Gasteiger partial charge in [-0.05, 0) is 140 Å². The molecule has 0 aliphatic carbocycles. The summed E-state index contributed by atoms with van der Waals surface area (Å²) in [6.45, 7) is 9.01. The van der Waals surface area contributed by atoms with E-state index >= 15 is 0 Å². The van der Waals surface area contributed by atoms with Crippen LogP contribution in [0, 0.1) is 0 Å². The van der Waals surface area contributed by atoms with E-state index in [-0.39, 0.29) is 0 Å². The summed E-state index contributed by atoms with van der Waals surface area (Å²) < 4.78 is 2.39. The summed E-state index contributed by atoms with van der Waals surface area (Å²) in [7, 11) is 0. The lowest BCUT2D eigenvalue weighted by atomic mass is 9.88. The molecule has 0 unspecified atom stereocenters. The average molecular weight is 861 g/mol. The van der Waals surface area contributed by atoms with Gasteiger partial charge in [-0.2, -0.15) is 0 Å². The lowest BCUT2D eigenvalue weighted by molar-refractivity contribution is 1.09. The van der Waals surface area contributed by atoms with E-state index in [4.69, 9.17) is 4.99 Å². The molecule has 1 aromatic heterocycles. The maximum atomic E-state index is 5.80. The van der Waals surface area contributed by atoms with Crippen LogP contribution in [0.25, 0.3) is 93.3 Å². The second-order valence-electron chi connectivity index (χ2n) is 17.7. The topological polar surface area (TPSA) is 17.3 Å². The summed E-state index contributed by atoms with van der Waals surface area (Å²) in [5, 5.41) is 10.00. The van der Waals surface area contributed by atoms with Gasteiger partial charge in [0.1, 0.15) is 0 Å². The van der Waals surface area contributed by atoms with Crippen molar-refractivity contribution >= 4 is 71.1 Å². The van der Waals surface area contributed by atoms with Gasteiger partial charge in [0.15, 0.2) is 0 Å². The van der Waals surface area contributed by atoms with Crippen molar-refractivity contribution in [3.63, 3.8) is 0 Å². The maximum Gasteiger partial charge on any atom is 0.0744 e. The Morgan fingerprint density at radius 2 is 0.970 bits per heavy atom. The van der Waals surface area contributed by atoms with Crippen molar-refractivity contribution in [2.24, 2.45) is 4.99 Å². The summed E-state index contributed by atoms with van der Waals surface area (Å²) in [5.41, 5.74) is 17.7. The smallest absolute Gasteiger partial charge is 0.0744 e. The molecule has 0 saturated carbocycles. The van der Waals surface area contributed by atoms with Crippen LogP contribution in [0.1, 0.15) is 57.2 Å². The molecular formula is C65H52N2. The lowest BCUT2D eigenvalue weighted by Gasteiger charge is -2.19. The second-order valence-corrected chi connectivity index (χ2v) is 17.7. The van der Waals surface area contributed by atoms with Crippen LogP contribution in [0.3, 0.4) is 0 Å². The first-order valence-corrected chi connectivity index (χ1v) is 23.7. The molecule has 2 heteroatoms. The predicted octanol–water partition coefficient (Wildman–Crippen LogP) is 18.1. The molecule has 0 spiro atoms. The molecule has 0 N–H and O–H groups in total. The van der Waals surface area contributed by atoms with Gasteiger partial charge >= 0.3 is 0 Å². The predicted molar refractivity (Wildman–Crippen MR) is 289 cm³/mol. The van der Waals surface area contributed by atoms with Gasteiger partial charge in [0.2, 0.25) is 0 Å². The number of aliphatic imine (C=N–C) groups is 1. The molecule has 1 heterocycles. The SMILES string of the molecule is CC/C(C)=C(/N=C(\C(CC)=C(/C)c1ccc(-c2ccccc2)cc1)c1ccccc1)c1ccc2c(c1)c1ccccc1c1cccc(-c3ccc4c(c3)c3ccccc3n4-c3ccccc3)c12. The first kappa shape index (κ1) is 41.6. The Balaban J connectivity index is 1.10. The fourth-order valence-corrected chi connectivity index (χ4v) is 10.3. The third kappa shape index (κ3) is 7.45. The zero-order valence-electron chi connectivity index (χ0n) is 38.6. The van der Waals surface area contributed by atoms with Crippen LogP contribution >= 0.6 is 0 Å². The van der Waals surface area contributed by atoms with Crippen LogP contribution in [-0.2, 0) is 0 Å². The molecule has 11 aromatic rings. The second kappa shape index (κ2) is 17.7. The molecule has 0 aliphatic rings. The Bertz CT molecular complexity index is 3740. The van der Waals surface area contributed by atoms with Crippen LogP contribution in [0.2, 0.25) is 0 Å². The van der Waals surface area contributed by atoms with Gasteiger partial charge in [0, 0.05) is 27.6 Å². The molecule has 0 saturated heterocycles. The molecule has 0 aliphatic heterocycles. The highest BCUT2D eigenvalue weighted by molar-refractivity contribution is 6.29. The van der Waals surface area contributed by atoms with Gasteiger partial charge in [-0.25, -0.2) is 4.99 Å². The highest BCUT2D eigenvalue weighted by Gasteiger charge is 2.20. The van der Waals surface area contributed by atoms with Crippen molar-refractivity contribution in [1.82, 2.24) is 4.57 Å². The number of benzene rings is 10. The van der Waals surface area contributed by atoms with E-state index in [0.29, 0.717) is 0 Å². The third-order valence-electron chi connectivity index (χ3n) is 13.9. The highest BCUT2D eigenvalue weighted by Crippen LogP contribution is 2.43. The molecular weight excluding hydrogens is 809 g/mol. The standard InChI is InChI=1S/C65H52N2/c1-5-43(3)64(66-65(48-23-12-8-13-24-48)52(6-2)44(4)45-33-35-47(36-34-45)46-21-10-7-11-22-46)50-37-39-58-59(42-50)55-28-17-16-27-54(55)57-31-20-30-53(63(57)58)49-38-40-62-60(41-49)56-29-18-19-32-61(56)67(62)51-25-14-9-15-26-51/h7-42H,5-6H2,1-4H3/b52-44+,64-43+,66-65-. The summed E-state index contributed by atoms with van der Waals surface area (Å²) in [6.07, 6.45) is 1.73. The zero-order valence-corrected chi connectivity index (χ0v) is 38.6. The van der Waals surface area contributed by atoms with Gasteiger partial charge in [-0.3, -0.25) is 0 Å². The van der Waals surface area contributed by atoms with Crippen LogP contribution in [0.15, 0.2) is 235 Å². The van der Waals surface area contributed by atoms with Crippen LogP contribution < -0.4 is 0 Å². The Morgan fingerprint density at radius 1 is 0.403 bits per heavy atom. The van der Waals surface area contributed by atoms with Gasteiger partial charge in [0.05, 0.1) is 22.4 Å². The molecule has 0 radical (unpaired) electrons.